The predicted molar refractivity (Wildman–Crippen MR) is 73.8 cm³/mol. The maximum atomic E-state index is 10.9. The van der Waals surface area contributed by atoms with Gasteiger partial charge in [-0.05, 0) is 35.9 Å². The summed E-state index contributed by atoms with van der Waals surface area (Å²) in [5.41, 5.74) is 0.741. The number of phenols is 3. The van der Waals surface area contributed by atoms with Gasteiger partial charge in [-0.1, -0.05) is 18.2 Å². The number of carboxylic acids is 1. The Balaban J connectivity index is 2.34. The van der Waals surface area contributed by atoms with E-state index < -0.39 is 5.97 Å². The standard InChI is InChI=1S/C15H12O5/c16-11-4-6-13(17)10(8-11)3-1-9-2-5-14(18)12(7-9)15(19)20/h1-8,16-18H,(H,19,20)/b3-1-. The highest BCUT2D eigenvalue weighted by atomic mass is 16.4. The molecule has 0 aliphatic carbocycles. The van der Waals surface area contributed by atoms with Crippen LogP contribution in [-0.4, -0.2) is 26.4 Å². The van der Waals surface area contributed by atoms with Crippen LogP contribution in [0.3, 0.4) is 0 Å². The molecular formula is C15H12O5. The van der Waals surface area contributed by atoms with Crippen molar-refractivity contribution in [3.05, 3.63) is 53.1 Å². The molecule has 2 aromatic rings. The SMILES string of the molecule is O=C(O)c1cc(/C=C\c2cc(O)ccc2O)ccc1O. The summed E-state index contributed by atoms with van der Waals surface area (Å²) in [6.07, 6.45) is 3.10. The highest BCUT2D eigenvalue weighted by Gasteiger charge is 2.09. The minimum absolute atomic E-state index is 0.00344. The quantitative estimate of drug-likeness (QED) is 0.508. The van der Waals surface area contributed by atoms with Crippen LogP contribution in [0.4, 0.5) is 0 Å². The van der Waals surface area contributed by atoms with Gasteiger partial charge in [-0.3, -0.25) is 0 Å². The minimum Gasteiger partial charge on any atom is -0.508 e. The summed E-state index contributed by atoms with van der Waals surface area (Å²) >= 11 is 0. The molecule has 0 bridgehead atoms. The average Bonchev–Trinajstić information content (AvgIpc) is 2.41. The third-order valence-electron chi connectivity index (χ3n) is 2.72. The first-order valence-corrected chi connectivity index (χ1v) is 5.74. The van der Waals surface area contributed by atoms with Crippen LogP contribution in [0.15, 0.2) is 36.4 Å². The molecule has 0 fully saturated rings. The summed E-state index contributed by atoms with van der Waals surface area (Å²) in [5.74, 6) is -1.52. The molecule has 0 aliphatic rings. The minimum atomic E-state index is -1.22. The Hall–Kier alpha value is -2.95. The van der Waals surface area contributed by atoms with E-state index in [1.54, 1.807) is 6.08 Å². The molecule has 4 N–H and O–H groups in total. The highest BCUT2D eigenvalue weighted by Crippen LogP contribution is 2.25. The molecule has 0 radical (unpaired) electrons. The van der Waals surface area contributed by atoms with Crippen molar-refractivity contribution in [1.29, 1.82) is 0 Å². The smallest absolute Gasteiger partial charge is 0.339 e. The molecule has 0 amide bonds. The van der Waals surface area contributed by atoms with E-state index in [9.17, 15) is 20.1 Å². The number of aromatic hydroxyl groups is 3. The zero-order valence-electron chi connectivity index (χ0n) is 10.3. The van der Waals surface area contributed by atoms with Crippen molar-refractivity contribution < 1.29 is 25.2 Å². The second-order valence-electron chi connectivity index (χ2n) is 4.16. The van der Waals surface area contributed by atoms with Crippen molar-refractivity contribution >= 4 is 18.1 Å². The van der Waals surface area contributed by atoms with E-state index in [-0.39, 0.29) is 22.8 Å². The monoisotopic (exact) mass is 272 g/mol. The van der Waals surface area contributed by atoms with Crippen molar-refractivity contribution in [3.63, 3.8) is 0 Å². The number of carbonyl (C=O) groups is 1. The van der Waals surface area contributed by atoms with Gasteiger partial charge in [0.25, 0.3) is 0 Å². The van der Waals surface area contributed by atoms with E-state index in [4.69, 9.17) is 5.11 Å². The van der Waals surface area contributed by atoms with E-state index >= 15 is 0 Å². The molecule has 2 rings (SSSR count). The molecule has 2 aromatic carbocycles. The van der Waals surface area contributed by atoms with Gasteiger partial charge < -0.3 is 20.4 Å². The molecule has 5 heteroatoms. The van der Waals surface area contributed by atoms with E-state index in [1.165, 1.54) is 42.5 Å². The van der Waals surface area contributed by atoms with Gasteiger partial charge in [0.2, 0.25) is 0 Å². The fourth-order valence-corrected chi connectivity index (χ4v) is 1.69. The Labute approximate surface area is 114 Å². The predicted octanol–water partition coefficient (Wildman–Crippen LogP) is 2.67. The molecule has 0 saturated carbocycles. The Kier molecular flexibility index (Phi) is 3.61. The van der Waals surface area contributed by atoms with Crippen LogP contribution < -0.4 is 0 Å². The molecule has 0 unspecified atom stereocenters. The molecule has 102 valence electrons. The molecule has 0 saturated heterocycles. The third kappa shape index (κ3) is 2.89. The molecule has 5 nitrogen and oxygen atoms in total. The lowest BCUT2D eigenvalue weighted by Crippen LogP contribution is -1.96. The summed E-state index contributed by atoms with van der Waals surface area (Å²) < 4.78 is 0. The van der Waals surface area contributed by atoms with Crippen LogP contribution in [0.1, 0.15) is 21.5 Å². The lowest BCUT2D eigenvalue weighted by atomic mass is 10.1. The van der Waals surface area contributed by atoms with Gasteiger partial charge in [-0.2, -0.15) is 0 Å². The van der Waals surface area contributed by atoms with E-state index in [0.29, 0.717) is 11.1 Å². The second kappa shape index (κ2) is 5.36. The first-order valence-electron chi connectivity index (χ1n) is 5.74. The normalized spacial score (nSPS) is 10.8. The van der Waals surface area contributed by atoms with Gasteiger partial charge in [0.1, 0.15) is 22.8 Å². The van der Waals surface area contributed by atoms with Crippen LogP contribution in [0, 0.1) is 0 Å². The Bertz CT molecular complexity index is 689. The van der Waals surface area contributed by atoms with Crippen LogP contribution in [0.25, 0.3) is 12.2 Å². The van der Waals surface area contributed by atoms with Crippen molar-refractivity contribution in [2.45, 2.75) is 0 Å². The Morgan fingerprint density at radius 2 is 1.60 bits per heavy atom. The molecule has 0 aliphatic heterocycles. The van der Waals surface area contributed by atoms with Crippen LogP contribution in [0.5, 0.6) is 17.2 Å². The van der Waals surface area contributed by atoms with Crippen molar-refractivity contribution in [2.24, 2.45) is 0 Å². The van der Waals surface area contributed by atoms with E-state index in [0.717, 1.165) is 0 Å². The first-order chi connectivity index (χ1) is 9.47. The van der Waals surface area contributed by atoms with Gasteiger partial charge in [-0.15, -0.1) is 0 Å². The van der Waals surface area contributed by atoms with Gasteiger partial charge in [-0.25, -0.2) is 4.79 Å². The van der Waals surface area contributed by atoms with Crippen molar-refractivity contribution in [2.75, 3.05) is 0 Å². The Morgan fingerprint density at radius 3 is 2.30 bits per heavy atom. The number of hydrogen-bond donors (Lipinski definition) is 4. The lowest BCUT2D eigenvalue weighted by Gasteiger charge is -2.02. The summed E-state index contributed by atoms with van der Waals surface area (Å²) in [6.45, 7) is 0. The van der Waals surface area contributed by atoms with Gasteiger partial charge in [0.05, 0.1) is 0 Å². The molecule has 20 heavy (non-hydrogen) atoms. The lowest BCUT2D eigenvalue weighted by molar-refractivity contribution is 0.0693. The number of hydrogen-bond acceptors (Lipinski definition) is 4. The fraction of sp³-hybridized carbons (Fsp3) is 0. The summed E-state index contributed by atoms with van der Waals surface area (Å²) in [4.78, 5) is 10.9. The molecule has 0 heterocycles. The van der Waals surface area contributed by atoms with E-state index in [1.807, 2.05) is 0 Å². The van der Waals surface area contributed by atoms with Crippen molar-refractivity contribution in [3.8, 4) is 17.2 Å². The highest BCUT2D eigenvalue weighted by molar-refractivity contribution is 5.92. The largest absolute Gasteiger partial charge is 0.508 e. The summed E-state index contributed by atoms with van der Waals surface area (Å²) in [7, 11) is 0. The molecule has 0 spiro atoms. The maximum absolute atomic E-state index is 10.9. The van der Waals surface area contributed by atoms with Gasteiger partial charge in [0.15, 0.2) is 0 Å². The number of rotatable bonds is 3. The zero-order valence-corrected chi connectivity index (χ0v) is 10.3. The number of aromatic carboxylic acids is 1. The molecule has 0 aromatic heterocycles. The average molecular weight is 272 g/mol. The number of benzene rings is 2. The van der Waals surface area contributed by atoms with E-state index in [2.05, 4.69) is 0 Å². The zero-order chi connectivity index (χ0) is 14.7. The number of carboxylic acid groups (broad SMARTS) is 1. The summed E-state index contributed by atoms with van der Waals surface area (Å²) in [6, 6.07) is 8.23. The third-order valence-corrected chi connectivity index (χ3v) is 2.72. The topological polar surface area (TPSA) is 98.0 Å². The number of phenolic OH excluding ortho intramolecular Hbond substituents is 2. The van der Waals surface area contributed by atoms with Crippen LogP contribution in [-0.2, 0) is 0 Å². The summed E-state index contributed by atoms with van der Waals surface area (Å²) in [5, 5.41) is 37.2. The van der Waals surface area contributed by atoms with Gasteiger partial charge >= 0.3 is 5.97 Å². The van der Waals surface area contributed by atoms with Crippen LogP contribution in [0.2, 0.25) is 0 Å². The van der Waals surface area contributed by atoms with Crippen molar-refractivity contribution in [1.82, 2.24) is 0 Å². The molecular weight excluding hydrogens is 260 g/mol. The maximum Gasteiger partial charge on any atom is 0.339 e. The second-order valence-corrected chi connectivity index (χ2v) is 4.16. The molecule has 0 atom stereocenters. The van der Waals surface area contributed by atoms with Crippen LogP contribution >= 0.6 is 0 Å². The first kappa shape index (κ1) is 13.5. The van der Waals surface area contributed by atoms with Gasteiger partial charge in [0, 0.05) is 5.56 Å². The Morgan fingerprint density at radius 1 is 0.900 bits per heavy atom. The fourth-order valence-electron chi connectivity index (χ4n) is 1.69.